The lowest BCUT2D eigenvalue weighted by Crippen LogP contribution is -2.51. The van der Waals surface area contributed by atoms with Crippen molar-refractivity contribution >= 4 is 11.9 Å². The van der Waals surface area contributed by atoms with Crippen LogP contribution in [0.4, 0.5) is 4.79 Å². The van der Waals surface area contributed by atoms with Gasteiger partial charge in [0.1, 0.15) is 0 Å². The molecule has 1 aliphatic rings. The first-order valence-electron chi connectivity index (χ1n) is 6.57. The minimum absolute atomic E-state index is 0.0166. The summed E-state index contributed by atoms with van der Waals surface area (Å²) in [4.78, 5) is 28.9. The van der Waals surface area contributed by atoms with E-state index >= 15 is 0 Å². The van der Waals surface area contributed by atoms with Crippen LogP contribution in [-0.2, 0) is 4.79 Å². The standard InChI is InChI=1S/C13H19N5O2/c1-14-13(20)17-8-12(19)18-7-6-16-11(9-18)10-2-4-15-5-3-10/h2-5,11,16H,6-9H2,1H3,(H2,14,17,20). The zero-order valence-corrected chi connectivity index (χ0v) is 11.4. The van der Waals surface area contributed by atoms with Crippen LogP contribution >= 0.6 is 0 Å². The number of piperazine rings is 1. The average Bonchev–Trinajstić information content (AvgIpc) is 2.53. The summed E-state index contributed by atoms with van der Waals surface area (Å²) in [5.41, 5.74) is 1.11. The Hall–Kier alpha value is -2.15. The van der Waals surface area contributed by atoms with Gasteiger partial charge in [0, 0.05) is 39.1 Å². The van der Waals surface area contributed by atoms with E-state index in [1.165, 1.54) is 7.05 Å². The van der Waals surface area contributed by atoms with E-state index in [9.17, 15) is 9.59 Å². The summed E-state index contributed by atoms with van der Waals surface area (Å²) in [6, 6.07) is 3.64. The van der Waals surface area contributed by atoms with Gasteiger partial charge < -0.3 is 20.9 Å². The van der Waals surface area contributed by atoms with E-state index in [1.54, 1.807) is 17.3 Å². The highest BCUT2D eigenvalue weighted by Crippen LogP contribution is 2.16. The van der Waals surface area contributed by atoms with E-state index in [0.29, 0.717) is 13.1 Å². The number of hydrogen-bond donors (Lipinski definition) is 3. The van der Waals surface area contributed by atoms with Crippen LogP contribution in [0.3, 0.4) is 0 Å². The van der Waals surface area contributed by atoms with Crippen molar-refractivity contribution in [3.8, 4) is 0 Å². The van der Waals surface area contributed by atoms with Gasteiger partial charge >= 0.3 is 6.03 Å². The van der Waals surface area contributed by atoms with Crippen LogP contribution in [0.15, 0.2) is 24.5 Å². The number of urea groups is 1. The Morgan fingerprint density at radius 1 is 1.45 bits per heavy atom. The van der Waals surface area contributed by atoms with Crippen molar-refractivity contribution in [2.45, 2.75) is 6.04 Å². The number of rotatable bonds is 3. The van der Waals surface area contributed by atoms with Crippen LogP contribution in [0.5, 0.6) is 0 Å². The van der Waals surface area contributed by atoms with Crippen molar-refractivity contribution in [1.29, 1.82) is 0 Å². The molecule has 1 aromatic rings. The molecule has 0 radical (unpaired) electrons. The first-order chi connectivity index (χ1) is 9.70. The summed E-state index contributed by atoms with van der Waals surface area (Å²) < 4.78 is 0. The summed E-state index contributed by atoms with van der Waals surface area (Å²) in [5.74, 6) is -0.0749. The molecule has 20 heavy (non-hydrogen) atoms. The fourth-order valence-electron chi connectivity index (χ4n) is 2.15. The average molecular weight is 277 g/mol. The summed E-state index contributed by atoms with van der Waals surface area (Å²) in [6.45, 7) is 2.00. The Morgan fingerprint density at radius 3 is 2.90 bits per heavy atom. The lowest BCUT2D eigenvalue weighted by atomic mass is 10.1. The minimum atomic E-state index is -0.348. The highest BCUT2D eigenvalue weighted by atomic mass is 16.2. The number of aromatic nitrogens is 1. The first-order valence-corrected chi connectivity index (χ1v) is 6.57. The van der Waals surface area contributed by atoms with Gasteiger partial charge in [0.05, 0.1) is 12.6 Å². The summed E-state index contributed by atoms with van der Waals surface area (Å²) in [7, 11) is 1.52. The first kappa shape index (κ1) is 14.3. The molecular weight excluding hydrogens is 258 g/mol. The molecule has 1 atom stereocenters. The second-order valence-electron chi connectivity index (χ2n) is 4.56. The van der Waals surface area contributed by atoms with Crippen LogP contribution < -0.4 is 16.0 Å². The number of nitrogens with zero attached hydrogens (tertiary/aromatic N) is 2. The van der Waals surface area contributed by atoms with E-state index in [2.05, 4.69) is 20.9 Å². The molecule has 3 amide bonds. The van der Waals surface area contributed by atoms with Gasteiger partial charge in [-0.25, -0.2) is 4.79 Å². The van der Waals surface area contributed by atoms with Crippen LogP contribution in [0, 0.1) is 0 Å². The van der Waals surface area contributed by atoms with Crippen molar-refractivity contribution in [2.75, 3.05) is 33.2 Å². The molecule has 0 aliphatic carbocycles. The zero-order valence-electron chi connectivity index (χ0n) is 11.4. The fraction of sp³-hybridized carbons (Fsp3) is 0.462. The maximum absolute atomic E-state index is 12.0. The SMILES string of the molecule is CNC(=O)NCC(=O)N1CCNC(c2ccncc2)C1. The third-order valence-corrected chi connectivity index (χ3v) is 3.26. The Bertz CT molecular complexity index is 465. The molecule has 1 aliphatic heterocycles. The number of amides is 3. The van der Waals surface area contributed by atoms with E-state index in [-0.39, 0.29) is 24.5 Å². The predicted octanol–water partition coefficient (Wildman–Crippen LogP) is -0.516. The molecule has 1 aromatic heterocycles. The van der Waals surface area contributed by atoms with Gasteiger partial charge in [0.2, 0.25) is 5.91 Å². The van der Waals surface area contributed by atoms with Gasteiger partial charge in [0.25, 0.3) is 0 Å². The molecule has 7 heteroatoms. The summed E-state index contributed by atoms with van der Waals surface area (Å²) in [5, 5.41) is 8.31. The molecule has 0 spiro atoms. The highest BCUT2D eigenvalue weighted by molar-refractivity contribution is 5.84. The van der Waals surface area contributed by atoms with E-state index in [4.69, 9.17) is 0 Å². The second-order valence-corrected chi connectivity index (χ2v) is 4.56. The third-order valence-electron chi connectivity index (χ3n) is 3.26. The quantitative estimate of drug-likeness (QED) is 0.694. The predicted molar refractivity (Wildman–Crippen MR) is 74.0 cm³/mol. The van der Waals surface area contributed by atoms with E-state index in [0.717, 1.165) is 12.1 Å². The lowest BCUT2D eigenvalue weighted by molar-refractivity contribution is -0.131. The molecule has 2 heterocycles. The molecule has 2 rings (SSSR count). The molecule has 1 unspecified atom stereocenters. The normalized spacial score (nSPS) is 18.4. The second kappa shape index (κ2) is 6.85. The number of hydrogen-bond acceptors (Lipinski definition) is 4. The van der Waals surface area contributed by atoms with Crippen molar-refractivity contribution in [3.05, 3.63) is 30.1 Å². The van der Waals surface area contributed by atoms with Crippen LogP contribution in [-0.4, -0.2) is 55.0 Å². The molecule has 0 saturated carbocycles. The lowest BCUT2D eigenvalue weighted by Gasteiger charge is -2.34. The molecule has 0 bridgehead atoms. The number of nitrogens with one attached hydrogen (secondary N) is 3. The van der Waals surface area contributed by atoms with E-state index in [1.807, 2.05) is 12.1 Å². The molecule has 108 valence electrons. The van der Waals surface area contributed by atoms with Gasteiger partial charge in [-0.1, -0.05) is 0 Å². The smallest absolute Gasteiger partial charge is 0.314 e. The Labute approximate surface area is 117 Å². The Morgan fingerprint density at radius 2 is 2.20 bits per heavy atom. The third kappa shape index (κ3) is 3.67. The molecule has 3 N–H and O–H groups in total. The number of carbonyl (C=O) groups is 2. The van der Waals surface area contributed by atoms with Crippen molar-refractivity contribution < 1.29 is 9.59 Å². The van der Waals surface area contributed by atoms with Gasteiger partial charge in [-0.3, -0.25) is 9.78 Å². The van der Waals surface area contributed by atoms with Crippen LogP contribution in [0.1, 0.15) is 11.6 Å². The molecule has 0 aromatic carbocycles. The fourth-order valence-corrected chi connectivity index (χ4v) is 2.15. The van der Waals surface area contributed by atoms with Crippen LogP contribution in [0.25, 0.3) is 0 Å². The molecular formula is C13H19N5O2. The number of pyridine rings is 1. The zero-order chi connectivity index (χ0) is 14.4. The maximum Gasteiger partial charge on any atom is 0.314 e. The van der Waals surface area contributed by atoms with Gasteiger partial charge in [0.15, 0.2) is 0 Å². The summed E-state index contributed by atoms with van der Waals surface area (Å²) >= 11 is 0. The maximum atomic E-state index is 12.0. The van der Waals surface area contributed by atoms with Gasteiger partial charge in [-0.2, -0.15) is 0 Å². The van der Waals surface area contributed by atoms with Crippen LogP contribution in [0.2, 0.25) is 0 Å². The molecule has 1 saturated heterocycles. The Kier molecular flexibility index (Phi) is 4.89. The van der Waals surface area contributed by atoms with E-state index < -0.39 is 0 Å². The van der Waals surface area contributed by atoms with Gasteiger partial charge in [-0.05, 0) is 17.7 Å². The van der Waals surface area contributed by atoms with Crippen molar-refractivity contribution in [1.82, 2.24) is 25.8 Å². The topological polar surface area (TPSA) is 86.4 Å². The van der Waals surface area contributed by atoms with Crippen molar-refractivity contribution in [3.63, 3.8) is 0 Å². The Balaban J connectivity index is 1.90. The summed E-state index contributed by atoms with van der Waals surface area (Å²) in [6.07, 6.45) is 3.48. The minimum Gasteiger partial charge on any atom is -0.341 e. The molecule has 1 fully saturated rings. The van der Waals surface area contributed by atoms with Crippen molar-refractivity contribution in [2.24, 2.45) is 0 Å². The monoisotopic (exact) mass is 277 g/mol. The number of carbonyl (C=O) groups excluding carboxylic acids is 2. The molecule has 7 nitrogen and oxygen atoms in total. The highest BCUT2D eigenvalue weighted by Gasteiger charge is 2.24. The largest absolute Gasteiger partial charge is 0.341 e. The van der Waals surface area contributed by atoms with Gasteiger partial charge in [-0.15, -0.1) is 0 Å².